The lowest BCUT2D eigenvalue weighted by Crippen LogP contribution is -2.07. The summed E-state index contributed by atoms with van der Waals surface area (Å²) >= 11 is 4.95. The number of benzene rings is 1. The number of esters is 1. The Bertz CT molecular complexity index is 377. The second-order valence-corrected chi connectivity index (χ2v) is 3.73. The van der Waals surface area contributed by atoms with Crippen LogP contribution in [0.2, 0.25) is 0 Å². The van der Waals surface area contributed by atoms with Gasteiger partial charge in [-0.15, -0.1) is 0 Å². The molecule has 0 aliphatic heterocycles. The summed E-state index contributed by atoms with van der Waals surface area (Å²) in [6, 6.07) is 7.58. The summed E-state index contributed by atoms with van der Waals surface area (Å²) in [6.45, 7) is 3.46. The van der Waals surface area contributed by atoms with Gasteiger partial charge in [0.1, 0.15) is 6.61 Å². The summed E-state index contributed by atoms with van der Waals surface area (Å²) in [5.74, 6) is -0.288. The number of nitrogens with one attached hydrogen (secondary N) is 1. The molecule has 0 saturated carbocycles. The minimum absolute atomic E-state index is 0.265. The van der Waals surface area contributed by atoms with Gasteiger partial charge in [-0.3, -0.25) is 4.79 Å². The van der Waals surface area contributed by atoms with E-state index in [1.54, 1.807) is 6.92 Å². The molecular weight excluding hydrogens is 210 g/mol. The van der Waals surface area contributed by atoms with Crippen molar-refractivity contribution >= 4 is 28.9 Å². The van der Waals surface area contributed by atoms with Crippen LogP contribution in [0.1, 0.15) is 19.4 Å². The molecule has 0 aliphatic carbocycles. The van der Waals surface area contributed by atoms with E-state index in [1.807, 2.05) is 24.3 Å². The third-order valence-corrected chi connectivity index (χ3v) is 1.86. The van der Waals surface area contributed by atoms with Crippen LogP contribution in [-0.2, 0) is 16.1 Å². The lowest BCUT2D eigenvalue weighted by atomic mass is 10.2. The highest BCUT2D eigenvalue weighted by molar-refractivity contribution is 7.80. The van der Waals surface area contributed by atoms with Gasteiger partial charge < -0.3 is 10.1 Å². The van der Waals surface area contributed by atoms with E-state index in [1.165, 1.54) is 6.92 Å². The summed E-state index contributed by atoms with van der Waals surface area (Å²) in [6.07, 6.45) is 0. The minimum atomic E-state index is -0.288. The number of thiocarbonyl (C=S) groups is 1. The standard InChI is InChI=1S/C11H13NO2S/c1-8(15)12-11-6-4-3-5-10(11)7-14-9(2)13/h3-6H,7H2,1-2H3,(H,12,15). The molecule has 15 heavy (non-hydrogen) atoms. The Morgan fingerprint density at radius 2 is 2.07 bits per heavy atom. The van der Waals surface area contributed by atoms with Gasteiger partial charge in [0.05, 0.1) is 4.99 Å². The maximum absolute atomic E-state index is 10.7. The maximum Gasteiger partial charge on any atom is 0.302 e. The molecule has 1 rings (SSSR count). The Labute approximate surface area is 94.4 Å². The number of carbonyl (C=O) groups is 1. The molecule has 0 aromatic heterocycles. The smallest absolute Gasteiger partial charge is 0.302 e. The number of rotatable bonds is 3. The molecule has 0 amide bonds. The van der Waals surface area contributed by atoms with Crippen molar-refractivity contribution < 1.29 is 9.53 Å². The molecule has 0 unspecified atom stereocenters. The van der Waals surface area contributed by atoms with E-state index >= 15 is 0 Å². The highest BCUT2D eigenvalue weighted by Gasteiger charge is 2.03. The minimum Gasteiger partial charge on any atom is -0.461 e. The summed E-state index contributed by atoms with van der Waals surface area (Å²) in [7, 11) is 0. The van der Waals surface area contributed by atoms with E-state index < -0.39 is 0 Å². The zero-order valence-corrected chi connectivity index (χ0v) is 9.56. The Morgan fingerprint density at radius 3 is 2.67 bits per heavy atom. The van der Waals surface area contributed by atoms with Gasteiger partial charge in [0.25, 0.3) is 0 Å². The molecule has 4 heteroatoms. The van der Waals surface area contributed by atoms with E-state index in [0.717, 1.165) is 11.3 Å². The summed E-state index contributed by atoms with van der Waals surface area (Å²) in [4.78, 5) is 11.4. The average molecular weight is 223 g/mol. The number of hydrogen-bond acceptors (Lipinski definition) is 3. The molecule has 0 atom stereocenters. The molecule has 0 saturated heterocycles. The molecule has 0 fully saturated rings. The van der Waals surface area contributed by atoms with Crippen LogP contribution in [0.25, 0.3) is 0 Å². The van der Waals surface area contributed by atoms with Crippen molar-refractivity contribution in [3.05, 3.63) is 29.8 Å². The van der Waals surface area contributed by atoms with E-state index in [9.17, 15) is 4.79 Å². The van der Waals surface area contributed by atoms with Gasteiger partial charge in [-0.2, -0.15) is 0 Å². The molecular formula is C11H13NO2S. The fraction of sp³-hybridized carbons (Fsp3) is 0.273. The van der Waals surface area contributed by atoms with Crippen molar-refractivity contribution in [1.29, 1.82) is 0 Å². The first-order valence-electron chi connectivity index (χ1n) is 4.58. The number of para-hydroxylation sites is 1. The molecule has 0 spiro atoms. The predicted molar refractivity (Wildman–Crippen MR) is 63.8 cm³/mol. The van der Waals surface area contributed by atoms with E-state index in [-0.39, 0.29) is 12.6 Å². The lowest BCUT2D eigenvalue weighted by molar-refractivity contribution is -0.142. The highest BCUT2D eigenvalue weighted by atomic mass is 32.1. The molecule has 0 heterocycles. The molecule has 1 N–H and O–H groups in total. The van der Waals surface area contributed by atoms with Gasteiger partial charge in [-0.25, -0.2) is 0 Å². The van der Waals surface area contributed by atoms with E-state index in [2.05, 4.69) is 5.32 Å². The molecule has 0 radical (unpaired) electrons. The first-order chi connectivity index (χ1) is 7.09. The predicted octanol–water partition coefficient (Wildman–Crippen LogP) is 2.51. The highest BCUT2D eigenvalue weighted by Crippen LogP contribution is 2.16. The normalized spacial score (nSPS) is 9.47. The van der Waals surface area contributed by atoms with Gasteiger partial charge >= 0.3 is 5.97 Å². The van der Waals surface area contributed by atoms with Crippen molar-refractivity contribution in [1.82, 2.24) is 0 Å². The van der Waals surface area contributed by atoms with Crippen LogP contribution >= 0.6 is 12.2 Å². The first-order valence-corrected chi connectivity index (χ1v) is 4.99. The van der Waals surface area contributed by atoms with Gasteiger partial charge in [-0.05, 0) is 13.0 Å². The Hall–Kier alpha value is -1.42. The summed E-state index contributed by atoms with van der Waals surface area (Å²) < 4.78 is 4.93. The van der Waals surface area contributed by atoms with Gasteiger partial charge in [-0.1, -0.05) is 30.4 Å². The number of hydrogen-bond donors (Lipinski definition) is 1. The number of anilines is 1. The topological polar surface area (TPSA) is 38.3 Å². The van der Waals surface area contributed by atoms with Crippen molar-refractivity contribution in [2.75, 3.05) is 5.32 Å². The quantitative estimate of drug-likeness (QED) is 0.631. The van der Waals surface area contributed by atoms with E-state index in [0.29, 0.717) is 4.99 Å². The number of ether oxygens (including phenoxy) is 1. The van der Waals surface area contributed by atoms with Gasteiger partial charge in [0.2, 0.25) is 0 Å². The second-order valence-electron chi connectivity index (χ2n) is 3.12. The number of carbonyl (C=O) groups excluding carboxylic acids is 1. The Balaban J connectivity index is 2.76. The van der Waals surface area contributed by atoms with Crippen LogP contribution in [0.3, 0.4) is 0 Å². The lowest BCUT2D eigenvalue weighted by Gasteiger charge is -2.10. The fourth-order valence-corrected chi connectivity index (χ4v) is 1.25. The van der Waals surface area contributed by atoms with Gasteiger partial charge in [0.15, 0.2) is 0 Å². The largest absolute Gasteiger partial charge is 0.461 e. The van der Waals surface area contributed by atoms with Crippen molar-refractivity contribution in [2.24, 2.45) is 0 Å². The molecule has 3 nitrogen and oxygen atoms in total. The van der Waals surface area contributed by atoms with Crippen molar-refractivity contribution in [3.8, 4) is 0 Å². The maximum atomic E-state index is 10.7. The van der Waals surface area contributed by atoms with Crippen LogP contribution < -0.4 is 5.32 Å². The zero-order valence-electron chi connectivity index (χ0n) is 8.74. The molecule has 1 aromatic carbocycles. The molecule has 1 aromatic rings. The van der Waals surface area contributed by atoms with Crippen molar-refractivity contribution in [3.63, 3.8) is 0 Å². The van der Waals surface area contributed by atoms with Crippen LogP contribution in [0.15, 0.2) is 24.3 Å². The monoisotopic (exact) mass is 223 g/mol. The molecule has 0 bridgehead atoms. The zero-order chi connectivity index (χ0) is 11.3. The van der Waals surface area contributed by atoms with Crippen LogP contribution in [0.5, 0.6) is 0 Å². The van der Waals surface area contributed by atoms with Crippen LogP contribution in [0.4, 0.5) is 5.69 Å². The average Bonchev–Trinajstić information content (AvgIpc) is 2.15. The van der Waals surface area contributed by atoms with Crippen LogP contribution in [0, 0.1) is 0 Å². The van der Waals surface area contributed by atoms with Crippen LogP contribution in [-0.4, -0.2) is 11.0 Å². The SMILES string of the molecule is CC(=O)OCc1ccccc1NC(C)=S. The third kappa shape index (κ3) is 4.08. The molecule has 0 aliphatic rings. The Kier molecular flexibility index (Phi) is 4.24. The second kappa shape index (κ2) is 5.46. The third-order valence-electron chi connectivity index (χ3n) is 1.76. The van der Waals surface area contributed by atoms with E-state index in [4.69, 9.17) is 17.0 Å². The Morgan fingerprint density at radius 1 is 1.40 bits per heavy atom. The van der Waals surface area contributed by atoms with Crippen molar-refractivity contribution in [2.45, 2.75) is 20.5 Å². The fourth-order valence-electron chi connectivity index (χ4n) is 1.14. The summed E-state index contributed by atoms with van der Waals surface area (Å²) in [5, 5.41) is 3.04. The first kappa shape index (κ1) is 11.7. The van der Waals surface area contributed by atoms with Gasteiger partial charge in [0, 0.05) is 18.2 Å². The summed E-state index contributed by atoms with van der Waals surface area (Å²) in [5.41, 5.74) is 1.79. The molecule has 80 valence electrons.